The summed E-state index contributed by atoms with van der Waals surface area (Å²) in [6.07, 6.45) is 4.52. The van der Waals surface area contributed by atoms with Crippen molar-refractivity contribution in [3.8, 4) is 0 Å². The highest BCUT2D eigenvalue weighted by Crippen LogP contribution is 2.29. The third-order valence-electron chi connectivity index (χ3n) is 3.09. The maximum Gasteiger partial charge on any atom is 0.333 e. The molecule has 16 heavy (non-hydrogen) atoms. The molecule has 94 valence electrons. The lowest BCUT2D eigenvalue weighted by Gasteiger charge is -2.33. The molecular weight excluding hydrogens is 200 g/mol. The van der Waals surface area contributed by atoms with E-state index < -0.39 is 0 Å². The summed E-state index contributed by atoms with van der Waals surface area (Å²) in [6, 6.07) is 0. The van der Waals surface area contributed by atoms with Crippen LogP contribution in [0.3, 0.4) is 0 Å². The van der Waals surface area contributed by atoms with Crippen LogP contribution >= 0.6 is 0 Å². The Morgan fingerprint density at radius 1 is 1.38 bits per heavy atom. The molecule has 0 bridgehead atoms. The number of hydrogen-bond acceptors (Lipinski definition) is 2. The molecule has 0 aliphatic heterocycles. The van der Waals surface area contributed by atoms with Crippen molar-refractivity contribution in [2.24, 2.45) is 5.92 Å². The van der Waals surface area contributed by atoms with Crippen LogP contribution in [0, 0.1) is 5.92 Å². The smallest absolute Gasteiger partial charge is 0.333 e. The molecule has 0 aliphatic rings. The Morgan fingerprint density at radius 2 is 1.94 bits per heavy atom. The molecule has 1 atom stereocenters. The summed E-state index contributed by atoms with van der Waals surface area (Å²) in [5.74, 6) is 0.149. The van der Waals surface area contributed by atoms with Crippen molar-refractivity contribution in [1.82, 2.24) is 0 Å². The first kappa shape index (κ1) is 15.2. The summed E-state index contributed by atoms with van der Waals surface area (Å²) in [5, 5.41) is 0. The molecule has 0 aliphatic carbocycles. The highest BCUT2D eigenvalue weighted by molar-refractivity contribution is 5.87. The fourth-order valence-corrected chi connectivity index (χ4v) is 1.90. The molecule has 2 heteroatoms. The fraction of sp³-hybridized carbons (Fsp3) is 0.786. The van der Waals surface area contributed by atoms with Crippen LogP contribution in [0.2, 0.25) is 0 Å². The average Bonchev–Trinajstić information content (AvgIpc) is 2.17. The van der Waals surface area contributed by atoms with Crippen LogP contribution in [0.1, 0.15) is 60.3 Å². The van der Waals surface area contributed by atoms with E-state index in [1.165, 1.54) is 12.8 Å². The molecule has 0 radical (unpaired) electrons. The Labute approximate surface area is 100 Å². The van der Waals surface area contributed by atoms with Gasteiger partial charge in [0.05, 0.1) is 0 Å². The van der Waals surface area contributed by atoms with E-state index in [2.05, 4.69) is 20.4 Å². The van der Waals surface area contributed by atoms with Crippen molar-refractivity contribution < 1.29 is 9.53 Å². The van der Waals surface area contributed by atoms with Crippen LogP contribution in [0.4, 0.5) is 0 Å². The Bertz CT molecular complexity index is 241. The van der Waals surface area contributed by atoms with Gasteiger partial charge in [0.2, 0.25) is 0 Å². The number of carbonyl (C=O) groups is 1. The maximum atomic E-state index is 11.5. The predicted molar refractivity (Wildman–Crippen MR) is 68.3 cm³/mol. The van der Waals surface area contributed by atoms with E-state index in [0.717, 1.165) is 12.8 Å². The fourth-order valence-electron chi connectivity index (χ4n) is 1.90. The van der Waals surface area contributed by atoms with Crippen LogP contribution < -0.4 is 0 Å². The minimum Gasteiger partial charge on any atom is -0.456 e. The van der Waals surface area contributed by atoms with Gasteiger partial charge in [-0.2, -0.15) is 0 Å². The zero-order valence-corrected chi connectivity index (χ0v) is 11.4. The molecule has 0 heterocycles. The van der Waals surface area contributed by atoms with Gasteiger partial charge < -0.3 is 4.74 Å². The summed E-state index contributed by atoms with van der Waals surface area (Å²) in [4.78, 5) is 11.5. The second kappa shape index (κ2) is 6.72. The standard InChI is InChI=1S/C14H26O2/c1-7-9-10-12(8-2)14(5,6)16-13(15)11(3)4/h12H,3,7-10H2,1-2,4-6H3. The number of esters is 1. The lowest BCUT2D eigenvalue weighted by Crippen LogP contribution is -2.36. The highest BCUT2D eigenvalue weighted by Gasteiger charge is 2.31. The van der Waals surface area contributed by atoms with Gasteiger partial charge in [-0.1, -0.05) is 33.3 Å². The molecule has 0 rings (SSSR count). The first-order chi connectivity index (χ1) is 7.35. The number of hydrogen-bond donors (Lipinski definition) is 0. The molecule has 0 saturated carbocycles. The topological polar surface area (TPSA) is 26.3 Å². The van der Waals surface area contributed by atoms with E-state index in [1.807, 2.05) is 13.8 Å². The van der Waals surface area contributed by atoms with Gasteiger partial charge in [-0.3, -0.25) is 0 Å². The van der Waals surface area contributed by atoms with E-state index >= 15 is 0 Å². The highest BCUT2D eigenvalue weighted by atomic mass is 16.6. The Kier molecular flexibility index (Phi) is 6.39. The second-order valence-corrected chi connectivity index (χ2v) is 5.02. The molecule has 1 unspecified atom stereocenters. The number of carbonyl (C=O) groups excluding carboxylic acids is 1. The van der Waals surface area contributed by atoms with Gasteiger partial charge in [-0.25, -0.2) is 4.79 Å². The Balaban J connectivity index is 4.46. The van der Waals surface area contributed by atoms with Crippen molar-refractivity contribution >= 4 is 5.97 Å². The molecular formula is C14H26O2. The van der Waals surface area contributed by atoms with Gasteiger partial charge in [-0.15, -0.1) is 0 Å². The maximum absolute atomic E-state index is 11.5. The largest absolute Gasteiger partial charge is 0.456 e. The van der Waals surface area contributed by atoms with E-state index in [4.69, 9.17) is 4.74 Å². The van der Waals surface area contributed by atoms with E-state index in [9.17, 15) is 4.79 Å². The molecule has 0 aromatic heterocycles. The third kappa shape index (κ3) is 4.82. The van der Waals surface area contributed by atoms with E-state index in [1.54, 1.807) is 6.92 Å². The monoisotopic (exact) mass is 226 g/mol. The Hall–Kier alpha value is -0.790. The quantitative estimate of drug-likeness (QED) is 0.482. The zero-order chi connectivity index (χ0) is 12.8. The molecule has 0 aromatic carbocycles. The van der Waals surface area contributed by atoms with E-state index in [0.29, 0.717) is 11.5 Å². The molecule has 0 amide bonds. The van der Waals surface area contributed by atoms with Crippen LogP contribution in [0.5, 0.6) is 0 Å². The van der Waals surface area contributed by atoms with Gasteiger partial charge in [0, 0.05) is 5.57 Å². The first-order valence-electron chi connectivity index (χ1n) is 6.24. The van der Waals surface area contributed by atoms with Crippen molar-refractivity contribution in [2.45, 2.75) is 65.9 Å². The summed E-state index contributed by atoms with van der Waals surface area (Å²) < 4.78 is 5.51. The minimum atomic E-state index is -0.389. The molecule has 0 aromatic rings. The molecule has 0 fully saturated rings. The van der Waals surface area contributed by atoms with Crippen molar-refractivity contribution in [1.29, 1.82) is 0 Å². The minimum absolute atomic E-state index is 0.278. The predicted octanol–water partition coefficient (Wildman–Crippen LogP) is 4.10. The van der Waals surface area contributed by atoms with E-state index in [-0.39, 0.29) is 11.6 Å². The van der Waals surface area contributed by atoms with Gasteiger partial charge in [0.25, 0.3) is 0 Å². The second-order valence-electron chi connectivity index (χ2n) is 5.02. The molecule has 0 saturated heterocycles. The van der Waals surface area contributed by atoms with Crippen LogP contribution in [0.25, 0.3) is 0 Å². The number of ether oxygens (including phenoxy) is 1. The van der Waals surface area contributed by atoms with Gasteiger partial charge in [0.1, 0.15) is 5.60 Å². The van der Waals surface area contributed by atoms with Gasteiger partial charge >= 0.3 is 5.97 Å². The third-order valence-corrected chi connectivity index (χ3v) is 3.09. The Morgan fingerprint density at radius 3 is 2.31 bits per heavy atom. The lowest BCUT2D eigenvalue weighted by molar-refractivity contribution is -0.157. The van der Waals surface area contributed by atoms with Gasteiger partial charge in [0.15, 0.2) is 0 Å². The zero-order valence-electron chi connectivity index (χ0n) is 11.4. The normalized spacial score (nSPS) is 13.3. The van der Waals surface area contributed by atoms with Crippen LogP contribution in [0.15, 0.2) is 12.2 Å². The van der Waals surface area contributed by atoms with Crippen molar-refractivity contribution in [3.63, 3.8) is 0 Å². The summed E-state index contributed by atoms with van der Waals surface area (Å²) >= 11 is 0. The van der Waals surface area contributed by atoms with Gasteiger partial charge in [-0.05, 0) is 39.5 Å². The van der Waals surface area contributed by atoms with Crippen LogP contribution in [-0.4, -0.2) is 11.6 Å². The number of rotatable bonds is 7. The molecule has 2 nitrogen and oxygen atoms in total. The first-order valence-corrected chi connectivity index (χ1v) is 6.24. The van der Waals surface area contributed by atoms with Crippen LogP contribution in [-0.2, 0) is 9.53 Å². The van der Waals surface area contributed by atoms with Crippen molar-refractivity contribution in [2.75, 3.05) is 0 Å². The summed E-state index contributed by atoms with van der Waals surface area (Å²) in [7, 11) is 0. The lowest BCUT2D eigenvalue weighted by atomic mass is 9.84. The summed E-state index contributed by atoms with van der Waals surface area (Å²) in [5.41, 5.74) is 0.0818. The van der Waals surface area contributed by atoms with Crippen molar-refractivity contribution in [3.05, 3.63) is 12.2 Å². The molecule has 0 N–H and O–H groups in total. The average molecular weight is 226 g/mol. The molecule has 0 spiro atoms. The number of unbranched alkanes of at least 4 members (excludes halogenated alkanes) is 1. The SMILES string of the molecule is C=C(C)C(=O)OC(C)(C)C(CC)CCCC. The summed E-state index contributed by atoms with van der Waals surface area (Å²) in [6.45, 7) is 13.6.